The van der Waals surface area contributed by atoms with Gasteiger partial charge in [0.2, 0.25) is 5.82 Å². The summed E-state index contributed by atoms with van der Waals surface area (Å²) in [5.74, 6) is 0.961. The molecule has 2 aliphatic rings. The van der Waals surface area contributed by atoms with Gasteiger partial charge in [0.15, 0.2) is 0 Å². The van der Waals surface area contributed by atoms with Gasteiger partial charge in [0, 0.05) is 6.61 Å². The third-order valence-electron chi connectivity index (χ3n) is 3.61. The van der Waals surface area contributed by atoms with Gasteiger partial charge in [-0.2, -0.15) is 0 Å². The van der Waals surface area contributed by atoms with E-state index in [0.29, 0.717) is 0 Å². The Kier molecular flexibility index (Phi) is 3.82. The second kappa shape index (κ2) is 5.73. The summed E-state index contributed by atoms with van der Waals surface area (Å²) in [6.07, 6.45) is 2.55. The molecule has 3 rings (SSSR count). The number of nitrogens with one attached hydrogen (secondary N) is 1. The molecule has 0 spiro atoms. The van der Waals surface area contributed by atoms with Gasteiger partial charge < -0.3 is 14.4 Å². The number of aromatic nitrogens is 4. The lowest BCUT2D eigenvalue weighted by Crippen LogP contribution is -3.12. The normalized spacial score (nSPS) is 25.7. The molecule has 7 nitrogen and oxygen atoms in total. The molecule has 0 unspecified atom stereocenters. The summed E-state index contributed by atoms with van der Waals surface area (Å²) in [5, 5.41) is 12.0. The van der Waals surface area contributed by atoms with Crippen LogP contribution in [0.15, 0.2) is 0 Å². The molecule has 7 heteroatoms. The monoisotopic (exact) mass is 254 g/mol. The summed E-state index contributed by atoms with van der Waals surface area (Å²) in [7, 11) is 0. The number of tetrazole rings is 1. The Morgan fingerprint density at radius 3 is 2.94 bits per heavy atom. The van der Waals surface area contributed by atoms with E-state index >= 15 is 0 Å². The zero-order valence-corrected chi connectivity index (χ0v) is 10.5. The molecule has 18 heavy (non-hydrogen) atoms. The van der Waals surface area contributed by atoms with Gasteiger partial charge in [0.05, 0.1) is 25.9 Å². The van der Waals surface area contributed by atoms with E-state index in [0.717, 1.165) is 64.7 Å². The molecule has 100 valence electrons. The van der Waals surface area contributed by atoms with E-state index in [9.17, 15) is 0 Å². The van der Waals surface area contributed by atoms with Gasteiger partial charge >= 0.3 is 0 Å². The van der Waals surface area contributed by atoms with Crippen molar-refractivity contribution < 1.29 is 14.4 Å². The molecule has 0 aliphatic carbocycles. The number of quaternary nitrogens is 1. The Morgan fingerprint density at radius 2 is 2.17 bits per heavy atom. The minimum atomic E-state index is 0.284. The smallest absolute Gasteiger partial charge is 0.206 e. The van der Waals surface area contributed by atoms with Crippen LogP contribution in [0.5, 0.6) is 0 Å². The maximum Gasteiger partial charge on any atom is 0.206 e. The predicted molar refractivity (Wildman–Crippen MR) is 62.0 cm³/mol. The van der Waals surface area contributed by atoms with Crippen LogP contribution in [0.25, 0.3) is 0 Å². The molecule has 0 radical (unpaired) electrons. The molecular weight excluding hydrogens is 234 g/mol. The molecule has 0 saturated carbocycles. The van der Waals surface area contributed by atoms with Crippen LogP contribution in [0.2, 0.25) is 0 Å². The molecular formula is C11H20N5O2+. The van der Waals surface area contributed by atoms with E-state index < -0.39 is 0 Å². The molecule has 0 bridgehead atoms. The molecule has 1 atom stereocenters. The summed E-state index contributed by atoms with van der Waals surface area (Å²) in [6, 6.07) is 0. The SMILES string of the molecule is C1CO[C@H](Cn2nnnc2C[NH+]2CCOCC2)C1. The average Bonchev–Trinajstić information content (AvgIpc) is 3.04. The molecule has 1 aromatic rings. The number of rotatable bonds is 4. The molecule has 3 heterocycles. The van der Waals surface area contributed by atoms with Gasteiger partial charge in [-0.1, -0.05) is 0 Å². The second-order valence-corrected chi connectivity index (χ2v) is 4.95. The highest BCUT2D eigenvalue weighted by Gasteiger charge is 2.22. The quantitative estimate of drug-likeness (QED) is 0.691. The van der Waals surface area contributed by atoms with Crippen molar-refractivity contribution in [1.29, 1.82) is 0 Å². The highest BCUT2D eigenvalue weighted by atomic mass is 16.5. The summed E-state index contributed by atoms with van der Waals surface area (Å²) >= 11 is 0. The molecule has 1 aromatic heterocycles. The third kappa shape index (κ3) is 2.85. The molecule has 1 N–H and O–H groups in total. The van der Waals surface area contributed by atoms with Crippen LogP contribution >= 0.6 is 0 Å². The van der Waals surface area contributed by atoms with Crippen LogP contribution in [-0.4, -0.2) is 59.2 Å². The lowest BCUT2D eigenvalue weighted by molar-refractivity contribution is -0.922. The van der Waals surface area contributed by atoms with Gasteiger partial charge in [-0.25, -0.2) is 4.68 Å². The van der Waals surface area contributed by atoms with E-state index in [1.807, 2.05) is 4.68 Å². The predicted octanol–water partition coefficient (Wildman–Crippen LogP) is -1.73. The van der Waals surface area contributed by atoms with Crippen LogP contribution < -0.4 is 4.90 Å². The van der Waals surface area contributed by atoms with Crippen molar-refractivity contribution in [2.75, 3.05) is 32.9 Å². The Balaban J connectivity index is 1.59. The first kappa shape index (κ1) is 12.0. The topological polar surface area (TPSA) is 66.5 Å². The van der Waals surface area contributed by atoms with Crippen LogP contribution in [0.1, 0.15) is 18.7 Å². The van der Waals surface area contributed by atoms with Crippen molar-refractivity contribution in [1.82, 2.24) is 20.2 Å². The fourth-order valence-electron chi connectivity index (χ4n) is 2.53. The lowest BCUT2D eigenvalue weighted by Gasteiger charge is -2.23. The fourth-order valence-corrected chi connectivity index (χ4v) is 2.53. The van der Waals surface area contributed by atoms with Crippen molar-refractivity contribution in [3.63, 3.8) is 0 Å². The molecule has 0 aromatic carbocycles. The highest BCUT2D eigenvalue weighted by Crippen LogP contribution is 2.13. The maximum absolute atomic E-state index is 5.63. The Labute approximate surface area is 106 Å². The van der Waals surface area contributed by atoms with Crippen molar-refractivity contribution >= 4 is 0 Å². The standard InChI is InChI=1S/C11H19N5O2/c1-2-10(18-5-1)8-16-11(12-13-14-16)9-15-3-6-17-7-4-15/h10H,1-9H2/p+1/t10-/m0/s1. The minimum absolute atomic E-state index is 0.284. The zero-order valence-electron chi connectivity index (χ0n) is 10.5. The first-order valence-corrected chi connectivity index (χ1v) is 6.70. The Bertz CT molecular complexity index is 371. The van der Waals surface area contributed by atoms with Gasteiger partial charge in [-0.05, 0) is 23.3 Å². The van der Waals surface area contributed by atoms with Gasteiger partial charge in [-0.3, -0.25) is 0 Å². The van der Waals surface area contributed by atoms with Gasteiger partial charge in [0.25, 0.3) is 0 Å². The first-order valence-electron chi connectivity index (χ1n) is 6.70. The summed E-state index contributed by atoms with van der Waals surface area (Å²) in [6.45, 7) is 6.27. The minimum Gasteiger partial charge on any atom is -0.376 e. The first-order chi connectivity index (χ1) is 8.92. The second-order valence-electron chi connectivity index (χ2n) is 4.95. The zero-order chi connectivity index (χ0) is 12.2. The van der Waals surface area contributed by atoms with Crippen LogP contribution in [0.3, 0.4) is 0 Å². The molecule has 2 aliphatic heterocycles. The van der Waals surface area contributed by atoms with Crippen LogP contribution in [-0.2, 0) is 22.6 Å². The van der Waals surface area contributed by atoms with Crippen molar-refractivity contribution in [3.8, 4) is 0 Å². The van der Waals surface area contributed by atoms with Crippen molar-refractivity contribution in [2.24, 2.45) is 0 Å². The number of ether oxygens (including phenoxy) is 2. The number of hydrogen-bond acceptors (Lipinski definition) is 5. The summed E-state index contributed by atoms with van der Waals surface area (Å²) < 4.78 is 12.9. The van der Waals surface area contributed by atoms with Gasteiger partial charge in [0.1, 0.15) is 19.6 Å². The Morgan fingerprint density at radius 1 is 1.28 bits per heavy atom. The Hall–Kier alpha value is -1.05. The van der Waals surface area contributed by atoms with Gasteiger partial charge in [-0.15, -0.1) is 5.10 Å². The number of nitrogens with zero attached hydrogens (tertiary/aromatic N) is 4. The maximum atomic E-state index is 5.63. The molecule has 2 saturated heterocycles. The average molecular weight is 254 g/mol. The van der Waals surface area contributed by atoms with Crippen molar-refractivity contribution in [2.45, 2.75) is 32.0 Å². The number of morpholine rings is 1. The van der Waals surface area contributed by atoms with Crippen molar-refractivity contribution in [3.05, 3.63) is 5.82 Å². The lowest BCUT2D eigenvalue weighted by atomic mass is 10.2. The highest BCUT2D eigenvalue weighted by molar-refractivity contribution is 4.79. The van der Waals surface area contributed by atoms with Crippen LogP contribution in [0, 0.1) is 0 Å². The summed E-state index contributed by atoms with van der Waals surface area (Å²) in [5.41, 5.74) is 0. The molecule has 0 amide bonds. The van der Waals surface area contributed by atoms with Crippen LogP contribution in [0.4, 0.5) is 0 Å². The number of hydrogen-bond donors (Lipinski definition) is 1. The van der Waals surface area contributed by atoms with E-state index in [-0.39, 0.29) is 6.10 Å². The largest absolute Gasteiger partial charge is 0.376 e. The van der Waals surface area contributed by atoms with E-state index in [2.05, 4.69) is 15.5 Å². The summed E-state index contributed by atoms with van der Waals surface area (Å²) in [4.78, 5) is 1.49. The van der Waals surface area contributed by atoms with E-state index in [1.165, 1.54) is 4.90 Å². The molecule has 2 fully saturated rings. The van der Waals surface area contributed by atoms with E-state index in [4.69, 9.17) is 9.47 Å². The van der Waals surface area contributed by atoms with E-state index in [1.54, 1.807) is 0 Å². The fraction of sp³-hybridized carbons (Fsp3) is 0.909. The third-order valence-corrected chi connectivity index (χ3v) is 3.61.